The van der Waals surface area contributed by atoms with Crippen LogP contribution in [0.1, 0.15) is 31.0 Å². The molecule has 0 unspecified atom stereocenters. The number of rotatable bonds is 7. The first-order valence-corrected chi connectivity index (χ1v) is 8.98. The molecule has 0 radical (unpaired) electrons. The van der Waals surface area contributed by atoms with Gasteiger partial charge in [-0.1, -0.05) is 72.2 Å². The number of ether oxygens (including phenoxy) is 1. The molecule has 0 spiro atoms. The summed E-state index contributed by atoms with van der Waals surface area (Å²) in [5, 5.41) is 2.85. The summed E-state index contributed by atoms with van der Waals surface area (Å²) >= 11 is 3.40. The van der Waals surface area contributed by atoms with Crippen LogP contribution in [-0.4, -0.2) is 12.4 Å². The van der Waals surface area contributed by atoms with E-state index >= 15 is 0 Å². The Balaban J connectivity index is 2.10. The smallest absolute Gasteiger partial charge is 0.407 e. The maximum atomic E-state index is 12.3. The summed E-state index contributed by atoms with van der Waals surface area (Å²) in [7, 11) is 0. The second kappa shape index (κ2) is 9.37. The van der Waals surface area contributed by atoms with Crippen molar-refractivity contribution in [2.75, 3.05) is 0 Å². The average molecular weight is 404 g/mol. The molecule has 5 heteroatoms. The second-order valence-electron chi connectivity index (χ2n) is 6.19. The molecule has 25 heavy (non-hydrogen) atoms. The van der Waals surface area contributed by atoms with Crippen LogP contribution in [0.25, 0.3) is 0 Å². The quantitative estimate of drug-likeness (QED) is 0.669. The molecule has 0 saturated heterocycles. The van der Waals surface area contributed by atoms with E-state index in [0.29, 0.717) is 0 Å². The van der Waals surface area contributed by atoms with Crippen molar-refractivity contribution in [2.24, 2.45) is 11.8 Å². The molecular formula is C20H22BrNO3. The highest BCUT2D eigenvalue weighted by Crippen LogP contribution is 2.28. The zero-order chi connectivity index (χ0) is 18.2. The predicted molar refractivity (Wildman–Crippen MR) is 101 cm³/mol. The van der Waals surface area contributed by atoms with E-state index in [9.17, 15) is 9.59 Å². The molecular weight excluding hydrogens is 382 g/mol. The van der Waals surface area contributed by atoms with Gasteiger partial charge in [-0.15, -0.1) is 0 Å². The lowest BCUT2D eigenvalue weighted by atomic mass is 9.85. The van der Waals surface area contributed by atoms with Crippen LogP contribution in [0.15, 0.2) is 59.1 Å². The first-order valence-electron chi connectivity index (χ1n) is 8.19. The molecule has 0 aliphatic rings. The van der Waals surface area contributed by atoms with Gasteiger partial charge in [-0.3, -0.25) is 0 Å². The number of amides is 1. The molecule has 0 bridgehead atoms. The molecule has 2 aromatic carbocycles. The highest BCUT2D eigenvalue weighted by atomic mass is 79.9. The number of carbonyl (C=O) groups is 2. The molecule has 4 nitrogen and oxygen atoms in total. The largest absolute Gasteiger partial charge is 0.445 e. The molecule has 0 fully saturated rings. The van der Waals surface area contributed by atoms with E-state index in [1.165, 1.54) is 0 Å². The van der Waals surface area contributed by atoms with Gasteiger partial charge in [0.25, 0.3) is 0 Å². The van der Waals surface area contributed by atoms with Gasteiger partial charge in [0, 0.05) is 10.4 Å². The highest BCUT2D eigenvalue weighted by molar-refractivity contribution is 9.10. The van der Waals surface area contributed by atoms with Gasteiger partial charge >= 0.3 is 6.09 Å². The summed E-state index contributed by atoms with van der Waals surface area (Å²) in [6.45, 7) is 4.11. The van der Waals surface area contributed by atoms with Crippen molar-refractivity contribution in [1.29, 1.82) is 0 Å². The number of halogens is 1. The van der Waals surface area contributed by atoms with Gasteiger partial charge < -0.3 is 14.8 Å². The number of hydrogen-bond acceptors (Lipinski definition) is 3. The minimum atomic E-state index is -0.538. The topological polar surface area (TPSA) is 55.4 Å². The number of aldehydes is 1. The van der Waals surface area contributed by atoms with Crippen molar-refractivity contribution >= 4 is 28.3 Å². The summed E-state index contributed by atoms with van der Waals surface area (Å²) in [5.41, 5.74) is 1.78. The normalized spacial score (nSPS) is 13.1. The van der Waals surface area contributed by atoms with Crippen LogP contribution in [0.5, 0.6) is 0 Å². The summed E-state index contributed by atoms with van der Waals surface area (Å²) in [4.78, 5) is 23.8. The Morgan fingerprint density at radius 2 is 1.76 bits per heavy atom. The second-order valence-corrected chi connectivity index (χ2v) is 7.11. The lowest BCUT2D eigenvalue weighted by Crippen LogP contribution is -2.36. The number of hydrogen-bond donors (Lipinski definition) is 1. The SMILES string of the molecule is CC(C)[C@H](C=O)[C@H](NC(=O)OCc1ccccc1)c1ccc(Br)cc1. The number of benzene rings is 2. The molecule has 0 heterocycles. The molecule has 0 aliphatic carbocycles. The fraction of sp³-hybridized carbons (Fsp3) is 0.300. The first kappa shape index (κ1) is 19.2. The van der Waals surface area contributed by atoms with Gasteiger partial charge in [-0.05, 0) is 29.2 Å². The van der Waals surface area contributed by atoms with Gasteiger partial charge in [-0.2, -0.15) is 0 Å². The highest BCUT2D eigenvalue weighted by Gasteiger charge is 2.27. The predicted octanol–water partition coefficient (Wildman–Crippen LogP) is 4.89. The Labute approximate surface area is 156 Å². The maximum Gasteiger partial charge on any atom is 0.407 e. The van der Waals surface area contributed by atoms with E-state index in [1.807, 2.05) is 68.4 Å². The zero-order valence-corrected chi connectivity index (χ0v) is 15.9. The summed E-state index contributed by atoms with van der Waals surface area (Å²) < 4.78 is 6.24. The average Bonchev–Trinajstić information content (AvgIpc) is 2.61. The van der Waals surface area contributed by atoms with Crippen LogP contribution in [0.3, 0.4) is 0 Å². The third kappa shape index (κ3) is 5.71. The summed E-state index contributed by atoms with van der Waals surface area (Å²) in [6, 6.07) is 16.6. The fourth-order valence-corrected chi connectivity index (χ4v) is 2.85. The third-order valence-electron chi connectivity index (χ3n) is 4.03. The van der Waals surface area contributed by atoms with E-state index in [1.54, 1.807) is 0 Å². The fourth-order valence-electron chi connectivity index (χ4n) is 2.58. The Morgan fingerprint density at radius 3 is 2.32 bits per heavy atom. The number of alkyl carbamates (subject to hydrolysis) is 1. The number of nitrogens with one attached hydrogen (secondary N) is 1. The lowest BCUT2D eigenvalue weighted by molar-refractivity contribution is -0.113. The molecule has 2 aromatic rings. The van der Waals surface area contributed by atoms with Gasteiger partial charge in [-0.25, -0.2) is 4.79 Å². The van der Waals surface area contributed by atoms with Crippen LogP contribution in [0.4, 0.5) is 4.79 Å². The minimum Gasteiger partial charge on any atom is -0.445 e. The van der Waals surface area contributed by atoms with Crippen LogP contribution in [0.2, 0.25) is 0 Å². The zero-order valence-electron chi connectivity index (χ0n) is 14.3. The maximum absolute atomic E-state index is 12.3. The van der Waals surface area contributed by atoms with Crippen LogP contribution < -0.4 is 5.32 Å². The van der Waals surface area contributed by atoms with Crippen molar-refractivity contribution in [2.45, 2.75) is 26.5 Å². The molecule has 0 aromatic heterocycles. The van der Waals surface area contributed by atoms with E-state index in [4.69, 9.17) is 4.74 Å². The molecule has 0 saturated carbocycles. The van der Waals surface area contributed by atoms with E-state index < -0.39 is 12.1 Å². The molecule has 132 valence electrons. The van der Waals surface area contributed by atoms with Gasteiger partial charge in [0.1, 0.15) is 12.9 Å². The van der Waals surface area contributed by atoms with E-state index in [2.05, 4.69) is 21.2 Å². The molecule has 0 aliphatic heterocycles. The molecule has 2 atom stereocenters. The van der Waals surface area contributed by atoms with Crippen molar-refractivity contribution in [3.05, 3.63) is 70.2 Å². The van der Waals surface area contributed by atoms with Crippen LogP contribution in [0, 0.1) is 11.8 Å². The van der Waals surface area contributed by atoms with Crippen molar-refractivity contribution in [3.63, 3.8) is 0 Å². The van der Waals surface area contributed by atoms with Crippen LogP contribution >= 0.6 is 15.9 Å². The van der Waals surface area contributed by atoms with E-state index in [0.717, 1.165) is 21.9 Å². The molecule has 2 rings (SSSR count). The molecule has 1 amide bonds. The van der Waals surface area contributed by atoms with Crippen molar-refractivity contribution in [3.8, 4) is 0 Å². The third-order valence-corrected chi connectivity index (χ3v) is 4.56. The van der Waals surface area contributed by atoms with Gasteiger partial charge in [0.2, 0.25) is 0 Å². The standard InChI is InChI=1S/C20H22BrNO3/c1-14(2)18(12-23)19(16-8-10-17(21)11-9-16)22-20(24)25-13-15-6-4-3-5-7-15/h3-12,14,18-19H,13H2,1-2H3,(H,22,24)/t18-,19+/m0/s1. The Hall–Kier alpha value is -2.14. The lowest BCUT2D eigenvalue weighted by Gasteiger charge is -2.27. The Morgan fingerprint density at radius 1 is 1.12 bits per heavy atom. The molecule has 1 N–H and O–H groups in total. The van der Waals surface area contributed by atoms with Crippen LogP contribution in [-0.2, 0) is 16.1 Å². The number of carbonyl (C=O) groups excluding carboxylic acids is 2. The minimum absolute atomic E-state index is 0.0839. The summed E-state index contributed by atoms with van der Waals surface area (Å²) in [6.07, 6.45) is 0.360. The first-order chi connectivity index (χ1) is 12.0. The van der Waals surface area contributed by atoms with E-state index in [-0.39, 0.29) is 18.4 Å². The summed E-state index contributed by atoms with van der Waals surface area (Å²) in [5.74, 6) is -0.258. The van der Waals surface area contributed by atoms with Gasteiger partial charge in [0.15, 0.2) is 0 Å². The monoisotopic (exact) mass is 403 g/mol. The van der Waals surface area contributed by atoms with Gasteiger partial charge in [0.05, 0.1) is 6.04 Å². The van der Waals surface area contributed by atoms with Crippen molar-refractivity contribution < 1.29 is 14.3 Å². The Kier molecular flexibility index (Phi) is 7.19. The Bertz CT molecular complexity index is 686. The van der Waals surface area contributed by atoms with Crippen molar-refractivity contribution in [1.82, 2.24) is 5.32 Å².